The zero-order valence-corrected chi connectivity index (χ0v) is 26.4. The SMILES string of the molecule is C=CCC[C@@H](O)COc1cc2c(cc1C1(c3cc4c(cc3OC[C@H](O)CCC=C)OCO4)C(=O)Nc3cccc(Br)c31)OCC2. The minimum absolute atomic E-state index is 0.0149. The van der Waals surface area contributed by atoms with E-state index in [0.717, 1.165) is 5.56 Å². The summed E-state index contributed by atoms with van der Waals surface area (Å²) < 4.78 is 30.9. The highest BCUT2D eigenvalue weighted by Gasteiger charge is 2.55. The van der Waals surface area contributed by atoms with E-state index >= 15 is 0 Å². The first kappa shape index (κ1) is 31.0. The largest absolute Gasteiger partial charge is 0.493 e. The standard InChI is InChI=1S/C35H36BrNO8/c1-3-5-8-22(38)18-42-29-14-21-12-13-41-28(21)15-24(29)35(33-26(36)10-7-11-27(33)37-34(35)40)25-16-31-32(45-20-44-31)17-30(25)43-19-23(39)9-6-4-2/h3-4,7,10-11,14-17,22-23,38-39H,1-2,5-6,8-9,12-13,18-20H2,(H,37,40)/t22-,23-,35?/m1/s1. The highest BCUT2D eigenvalue weighted by Crippen LogP contribution is 2.57. The number of anilines is 1. The fourth-order valence-corrected chi connectivity index (χ4v) is 6.77. The molecule has 1 amide bonds. The van der Waals surface area contributed by atoms with E-state index < -0.39 is 17.6 Å². The molecule has 3 aromatic carbocycles. The first-order valence-corrected chi connectivity index (χ1v) is 15.8. The lowest BCUT2D eigenvalue weighted by Gasteiger charge is -2.33. The van der Waals surface area contributed by atoms with Gasteiger partial charge in [-0.1, -0.05) is 34.1 Å². The molecule has 0 radical (unpaired) electrons. The molecule has 3 aromatic rings. The van der Waals surface area contributed by atoms with Crippen molar-refractivity contribution in [2.24, 2.45) is 0 Å². The Hall–Kier alpha value is -3.99. The Morgan fingerprint density at radius 3 is 2.20 bits per heavy atom. The average molecular weight is 679 g/mol. The van der Waals surface area contributed by atoms with Crippen LogP contribution in [-0.2, 0) is 16.6 Å². The lowest BCUT2D eigenvalue weighted by atomic mass is 9.69. The van der Waals surface area contributed by atoms with Crippen molar-refractivity contribution in [3.05, 3.63) is 94.5 Å². The van der Waals surface area contributed by atoms with Crippen LogP contribution in [-0.4, -0.2) is 54.9 Å². The quantitative estimate of drug-likeness (QED) is 0.183. The molecule has 10 heteroatoms. The van der Waals surface area contributed by atoms with Crippen molar-refractivity contribution in [3.63, 3.8) is 0 Å². The number of ether oxygens (including phenoxy) is 5. The molecule has 0 aliphatic carbocycles. The molecule has 3 aliphatic rings. The fourth-order valence-electron chi connectivity index (χ4n) is 6.11. The number of rotatable bonds is 14. The monoisotopic (exact) mass is 677 g/mol. The predicted molar refractivity (Wildman–Crippen MR) is 173 cm³/mol. The summed E-state index contributed by atoms with van der Waals surface area (Å²) in [5, 5.41) is 24.5. The van der Waals surface area contributed by atoms with Gasteiger partial charge < -0.3 is 39.2 Å². The highest BCUT2D eigenvalue weighted by atomic mass is 79.9. The normalized spacial score (nSPS) is 18.8. The Morgan fingerprint density at radius 1 is 0.911 bits per heavy atom. The molecule has 3 aliphatic heterocycles. The molecule has 0 spiro atoms. The van der Waals surface area contributed by atoms with Gasteiger partial charge in [0.25, 0.3) is 0 Å². The molecule has 0 saturated carbocycles. The molecular weight excluding hydrogens is 642 g/mol. The van der Waals surface area contributed by atoms with E-state index in [1.54, 1.807) is 24.3 Å². The summed E-state index contributed by atoms with van der Waals surface area (Å²) in [5.74, 6) is 2.02. The van der Waals surface area contributed by atoms with Gasteiger partial charge in [0.15, 0.2) is 11.5 Å². The maximum absolute atomic E-state index is 14.7. The highest BCUT2D eigenvalue weighted by molar-refractivity contribution is 9.10. The first-order chi connectivity index (χ1) is 21.9. The number of halogens is 1. The van der Waals surface area contributed by atoms with E-state index in [-0.39, 0.29) is 25.9 Å². The molecule has 1 unspecified atom stereocenters. The molecule has 45 heavy (non-hydrogen) atoms. The smallest absolute Gasteiger partial charge is 0.244 e. The molecule has 236 valence electrons. The topological polar surface area (TPSA) is 116 Å². The van der Waals surface area contributed by atoms with E-state index in [2.05, 4.69) is 34.4 Å². The molecule has 0 aromatic heterocycles. The fraction of sp³-hybridized carbons (Fsp3) is 0.343. The van der Waals surface area contributed by atoms with Gasteiger partial charge in [-0.05, 0) is 56.0 Å². The zero-order valence-electron chi connectivity index (χ0n) is 24.9. The van der Waals surface area contributed by atoms with E-state index in [9.17, 15) is 15.0 Å². The van der Waals surface area contributed by atoms with Crippen LogP contribution in [0.3, 0.4) is 0 Å². The summed E-state index contributed by atoms with van der Waals surface area (Å²) in [4.78, 5) is 14.7. The molecule has 0 saturated heterocycles. The second-order valence-electron chi connectivity index (χ2n) is 11.3. The van der Waals surface area contributed by atoms with Crippen molar-refractivity contribution in [3.8, 4) is 28.7 Å². The van der Waals surface area contributed by atoms with Crippen LogP contribution < -0.4 is 29.0 Å². The number of allylic oxidation sites excluding steroid dienone is 2. The van der Waals surface area contributed by atoms with Crippen molar-refractivity contribution in [2.75, 3.05) is 31.9 Å². The number of hydrogen-bond donors (Lipinski definition) is 3. The van der Waals surface area contributed by atoms with Gasteiger partial charge in [0, 0.05) is 44.9 Å². The number of amides is 1. The van der Waals surface area contributed by atoms with Gasteiger partial charge >= 0.3 is 0 Å². The van der Waals surface area contributed by atoms with E-state index in [1.807, 2.05) is 30.3 Å². The van der Waals surface area contributed by atoms with Crippen LogP contribution >= 0.6 is 15.9 Å². The average Bonchev–Trinajstić information content (AvgIpc) is 3.77. The van der Waals surface area contributed by atoms with Crippen LogP contribution in [0.15, 0.2) is 72.2 Å². The Kier molecular flexibility index (Phi) is 9.07. The van der Waals surface area contributed by atoms with Crippen molar-refractivity contribution in [1.29, 1.82) is 0 Å². The van der Waals surface area contributed by atoms with Crippen LogP contribution in [0.5, 0.6) is 28.7 Å². The summed E-state index contributed by atoms with van der Waals surface area (Å²) in [6, 6.07) is 12.8. The van der Waals surface area contributed by atoms with Crippen LogP contribution in [0, 0.1) is 0 Å². The van der Waals surface area contributed by atoms with Crippen LogP contribution in [0.25, 0.3) is 0 Å². The number of hydrogen-bond acceptors (Lipinski definition) is 8. The maximum atomic E-state index is 14.7. The minimum atomic E-state index is -1.53. The zero-order chi connectivity index (χ0) is 31.6. The van der Waals surface area contributed by atoms with Crippen LogP contribution in [0.4, 0.5) is 5.69 Å². The van der Waals surface area contributed by atoms with Crippen LogP contribution in [0.1, 0.15) is 47.9 Å². The number of carbonyl (C=O) groups is 1. The van der Waals surface area contributed by atoms with Gasteiger partial charge in [-0.2, -0.15) is 0 Å². The third-order valence-corrected chi connectivity index (χ3v) is 8.98. The van der Waals surface area contributed by atoms with Gasteiger partial charge in [0.05, 0.1) is 18.8 Å². The van der Waals surface area contributed by atoms with Crippen LogP contribution in [0.2, 0.25) is 0 Å². The molecule has 3 N–H and O–H groups in total. The summed E-state index contributed by atoms with van der Waals surface area (Å²) in [5.41, 5.74) is 1.67. The first-order valence-electron chi connectivity index (χ1n) is 15.0. The third-order valence-electron chi connectivity index (χ3n) is 8.32. The maximum Gasteiger partial charge on any atom is 0.244 e. The Morgan fingerprint density at radius 2 is 1.53 bits per heavy atom. The predicted octanol–water partition coefficient (Wildman–Crippen LogP) is 5.81. The lowest BCUT2D eigenvalue weighted by Crippen LogP contribution is -2.38. The number of fused-ring (bicyclic) bond motifs is 3. The number of benzene rings is 3. The van der Waals surface area contributed by atoms with Gasteiger partial charge in [-0.25, -0.2) is 0 Å². The van der Waals surface area contributed by atoms with Gasteiger partial charge in [-0.15, -0.1) is 13.2 Å². The number of carbonyl (C=O) groups excluding carboxylic acids is 1. The van der Waals surface area contributed by atoms with Crippen molar-refractivity contribution >= 4 is 27.5 Å². The van der Waals surface area contributed by atoms with E-state index in [0.29, 0.717) is 94.3 Å². The van der Waals surface area contributed by atoms with Crippen molar-refractivity contribution < 1.29 is 38.7 Å². The van der Waals surface area contributed by atoms with Gasteiger partial charge in [-0.3, -0.25) is 4.79 Å². The van der Waals surface area contributed by atoms with Gasteiger partial charge in [0.1, 0.15) is 35.9 Å². The summed E-state index contributed by atoms with van der Waals surface area (Å²) in [6.07, 6.45) is 4.89. The summed E-state index contributed by atoms with van der Waals surface area (Å²) in [7, 11) is 0. The van der Waals surface area contributed by atoms with E-state index in [4.69, 9.17) is 23.7 Å². The molecule has 3 atom stereocenters. The molecule has 3 heterocycles. The summed E-state index contributed by atoms with van der Waals surface area (Å²) >= 11 is 3.74. The Labute approximate surface area is 270 Å². The second-order valence-corrected chi connectivity index (χ2v) is 12.1. The Bertz CT molecular complexity index is 1540. The minimum Gasteiger partial charge on any atom is -0.493 e. The molecule has 0 bridgehead atoms. The van der Waals surface area contributed by atoms with E-state index in [1.165, 1.54) is 0 Å². The van der Waals surface area contributed by atoms with Crippen molar-refractivity contribution in [2.45, 2.75) is 49.7 Å². The number of aliphatic hydroxyl groups excluding tert-OH is 2. The Balaban J connectivity index is 1.57. The van der Waals surface area contributed by atoms with Crippen molar-refractivity contribution in [1.82, 2.24) is 0 Å². The third kappa shape index (κ3) is 5.78. The molecular formula is C35H36BrNO8. The summed E-state index contributed by atoms with van der Waals surface area (Å²) in [6.45, 7) is 7.99. The van der Waals surface area contributed by atoms with Gasteiger partial charge in [0.2, 0.25) is 12.7 Å². The molecule has 9 nitrogen and oxygen atoms in total. The lowest BCUT2D eigenvalue weighted by molar-refractivity contribution is -0.118. The molecule has 6 rings (SSSR count). The second kappa shape index (κ2) is 13.2. The number of nitrogens with one attached hydrogen (secondary N) is 1. The number of aliphatic hydroxyl groups is 2. The molecule has 0 fully saturated rings.